The second-order valence-electron chi connectivity index (χ2n) is 7.66. The van der Waals surface area contributed by atoms with Crippen molar-refractivity contribution in [3.8, 4) is 0 Å². The van der Waals surface area contributed by atoms with Gasteiger partial charge in [0.05, 0.1) is 34.4 Å². The largest absolute Gasteiger partial charge is 0.442 e. The van der Waals surface area contributed by atoms with Gasteiger partial charge in [0.15, 0.2) is 0 Å². The number of nitro groups is 1. The summed E-state index contributed by atoms with van der Waals surface area (Å²) >= 11 is 1.11. The lowest BCUT2D eigenvalue weighted by molar-refractivity contribution is -0.380. The lowest BCUT2D eigenvalue weighted by Crippen LogP contribution is -2.46. The van der Waals surface area contributed by atoms with Crippen LogP contribution in [0.3, 0.4) is 0 Å². The molecule has 2 aromatic rings. The fourth-order valence-corrected chi connectivity index (χ4v) is 4.68. The number of ether oxygens (including phenoxy) is 1. The van der Waals surface area contributed by atoms with Crippen molar-refractivity contribution in [3.05, 3.63) is 46.3 Å². The van der Waals surface area contributed by atoms with E-state index in [1.807, 2.05) is 9.80 Å². The number of anilines is 3. The van der Waals surface area contributed by atoms with Gasteiger partial charge >= 0.3 is 11.1 Å². The van der Waals surface area contributed by atoms with Crippen molar-refractivity contribution >= 4 is 44.7 Å². The molecule has 0 radical (unpaired) electrons. The maximum atomic E-state index is 14.9. The fraction of sp³-hybridized carbons (Fsp3) is 0.400. The third-order valence-electron chi connectivity index (χ3n) is 5.51. The molecule has 0 bridgehead atoms. The quantitative estimate of drug-likeness (QED) is 0.355. The van der Waals surface area contributed by atoms with Crippen molar-refractivity contribution in [2.24, 2.45) is 0 Å². The number of hydrogen-bond acceptors (Lipinski definition) is 8. The van der Waals surface area contributed by atoms with Crippen molar-refractivity contribution in [1.82, 2.24) is 5.12 Å². The van der Waals surface area contributed by atoms with Gasteiger partial charge in [-0.05, 0) is 35.6 Å². The first-order valence-corrected chi connectivity index (χ1v) is 11.0. The molecule has 2 aliphatic rings. The molecule has 0 N–H and O–H groups in total. The van der Waals surface area contributed by atoms with Crippen LogP contribution in [-0.4, -0.2) is 67.4 Å². The van der Waals surface area contributed by atoms with Crippen molar-refractivity contribution in [2.75, 3.05) is 54.0 Å². The van der Waals surface area contributed by atoms with Gasteiger partial charge in [-0.1, -0.05) is 4.48 Å². The number of carbonyl (C=O) groups excluding carboxylic acids is 2. The van der Waals surface area contributed by atoms with Gasteiger partial charge < -0.3 is 14.5 Å². The minimum atomic E-state index is -0.852. The van der Waals surface area contributed by atoms with Crippen LogP contribution in [0.1, 0.15) is 6.92 Å². The Morgan fingerprint density at radius 2 is 1.94 bits per heavy atom. The molecule has 1 atom stereocenters. The zero-order valence-electron chi connectivity index (χ0n) is 17.6. The van der Waals surface area contributed by atoms with Crippen molar-refractivity contribution in [2.45, 2.75) is 13.0 Å². The van der Waals surface area contributed by atoms with Crippen LogP contribution in [-0.2, 0) is 9.53 Å². The number of benzene rings is 1. The molecule has 2 fully saturated rings. The van der Waals surface area contributed by atoms with Crippen LogP contribution in [0.4, 0.5) is 35.0 Å². The van der Waals surface area contributed by atoms with Crippen LogP contribution in [0.15, 0.2) is 30.3 Å². The number of cyclic esters (lactones) is 1. The smallest absolute Gasteiger partial charge is 0.414 e. The van der Waals surface area contributed by atoms with Gasteiger partial charge in [-0.2, -0.15) is 5.12 Å². The van der Waals surface area contributed by atoms with E-state index in [2.05, 4.69) is 0 Å². The zero-order chi connectivity index (χ0) is 23.7. The van der Waals surface area contributed by atoms with Crippen LogP contribution in [0, 0.1) is 15.9 Å². The van der Waals surface area contributed by atoms with Crippen LogP contribution in [0.5, 0.6) is 0 Å². The molecule has 13 heteroatoms. The summed E-state index contributed by atoms with van der Waals surface area (Å²) in [5, 5.41) is 11.7. The molecule has 1 aromatic carbocycles. The van der Waals surface area contributed by atoms with Crippen LogP contribution in [0.25, 0.3) is 0 Å². The second-order valence-corrected chi connectivity index (χ2v) is 8.70. The maximum Gasteiger partial charge on any atom is 0.414 e. The summed E-state index contributed by atoms with van der Waals surface area (Å²) in [5.74, 6) is -1.31. The standard InChI is InChI=1S/C20H21F2N5O5S/c1-13(28)26(22)12-15-11-25(20(29)32-15)14-2-3-17(16(21)10-14)23-6-8-24(9-7-23)18-4-5-19(33-18)27(30)31/h2-5,10,15H,6-9,11-12H2,1H3. The number of carbonyl (C=O) groups is 2. The van der Waals surface area contributed by atoms with Crippen LogP contribution in [0.2, 0.25) is 0 Å². The van der Waals surface area contributed by atoms with Crippen molar-refractivity contribution in [1.29, 1.82) is 0 Å². The highest BCUT2D eigenvalue weighted by Crippen LogP contribution is 2.33. The molecule has 2 saturated heterocycles. The highest BCUT2D eigenvalue weighted by Gasteiger charge is 2.35. The topological polar surface area (TPSA) is 99.5 Å². The van der Waals surface area contributed by atoms with E-state index in [1.54, 1.807) is 18.2 Å². The van der Waals surface area contributed by atoms with E-state index in [9.17, 15) is 28.6 Å². The first-order chi connectivity index (χ1) is 15.7. The normalized spacial score (nSPS) is 18.5. The van der Waals surface area contributed by atoms with Gasteiger partial charge in [0.1, 0.15) is 11.9 Å². The number of amides is 2. The van der Waals surface area contributed by atoms with E-state index < -0.39 is 35.4 Å². The number of piperazine rings is 1. The predicted octanol–water partition coefficient (Wildman–Crippen LogP) is 3.18. The van der Waals surface area contributed by atoms with Crippen molar-refractivity contribution < 1.29 is 28.1 Å². The molecule has 2 aliphatic heterocycles. The van der Waals surface area contributed by atoms with Gasteiger partial charge in [0.25, 0.3) is 0 Å². The minimum Gasteiger partial charge on any atom is -0.442 e. The van der Waals surface area contributed by atoms with E-state index in [0.29, 0.717) is 31.9 Å². The number of hydrogen-bond donors (Lipinski definition) is 0. The van der Waals surface area contributed by atoms with Gasteiger partial charge in [0.2, 0.25) is 5.91 Å². The number of halogens is 2. The Bertz CT molecular complexity index is 1070. The van der Waals surface area contributed by atoms with E-state index in [4.69, 9.17) is 4.74 Å². The second kappa shape index (κ2) is 9.17. The summed E-state index contributed by atoms with van der Waals surface area (Å²) in [6.45, 7) is 2.86. The molecular formula is C20H21F2N5O5S. The monoisotopic (exact) mass is 481 g/mol. The summed E-state index contributed by atoms with van der Waals surface area (Å²) in [4.78, 5) is 38.8. The summed E-state index contributed by atoms with van der Waals surface area (Å²) < 4.78 is 33.5. The Balaban J connectivity index is 1.38. The highest BCUT2D eigenvalue weighted by atomic mass is 32.1. The first kappa shape index (κ1) is 22.7. The summed E-state index contributed by atoms with van der Waals surface area (Å²) in [6.07, 6.45) is -1.59. The molecule has 176 valence electrons. The molecule has 3 heterocycles. The Hall–Kier alpha value is -3.48. The maximum absolute atomic E-state index is 14.9. The summed E-state index contributed by atoms with van der Waals surface area (Å²) in [7, 11) is 0. The molecule has 0 spiro atoms. The molecule has 0 saturated carbocycles. The molecule has 0 aliphatic carbocycles. The molecule has 2 amide bonds. The Morgan fingerprint density at radius 3 is 2.55 bits per heavy atom. The molecule has 4 rings (SSSR count). The Labute approximate surface area is 191 Å². The first-order valence-electron chi connectivity index (χ1n) is 10.2. The SMILES string of the molecule is CC(=O)N(F)CC1CN(c2ccc(N3CCN(c4ccc([N+](=O)[O-])s4)CC3)c(F)c2)C(=O)O1. The Kier molecular flexibility index (Phi) is 6.31. The van der Waals surface area contributed by atoms with Crippen LogP contribution < -0.4 is 14.7 Å². The summed E-state index contributed by atoms with van der Waals surface area (Å²) in [5.41, 5.74) is 0.660. The average Bonchev–Trinajstić information content (AvgIpc) is 3.41. The molecule has 33 heavy (non-hydrogen) atoms. The lowest BCUT2D eigenvalue weighted by Gasteiger charge is -2.36. The number of nitrogens with zero attached hydrogens (tertiary/aromatic N) is 5. The minimum absolute atomic E-state index is 0.00303. The van der Waals surface area contributed by atoms with Gasteiger partial charge in [-0.25, -0.2) is 9.18 Å². The van der Waals surface area contributed by atoms with Gasteiger partial charge in [0, 0.05) is 39.2 Å². The molecule has 10 nitrogen and oxygen atoms in total. The van der Waals surface area contributed by atoms with E-state index in [-0.39, 0.29) is 22.4 Å². The van der Waals surface area contributed by atoms with Crippen LogP contribution >= 0.6 is 11.3 Å². The van der Waals surface area contributed by atoms with E-state index in [1.165, 1.54) is 17.0 Å². The molecule has 1 aromatic heterocycles. The lowest BCUT2D eigenvalue weighted by atomic mass is 10.2. The van der Waals surface area contributed by atoms with Gasteiger partial charge in [-0.3, -0.25) is 19.8 Å². The number of rotatable bonds is 6. The zero-order valence-corrected chi connectivity index (χ0v) is 18.5. The van der Waals surface area contributed by atoms with Gasteiger partial charge in [-0.15, -0.1) is 0 Å². The predicted molar refractivity (Wildman–Crippen MR) is 118 cm³/mol. The fourth-order valence-electron chi connectivity index (χ4n) is 3.81. The third kappa shape index (κ3) is 4.82. The average molecular weight is 481 g/mol. The van der Waals surface area contributed by atoms with Crippen molar-refractivity contribution in [3.63, 3.8) is 0 Å². The summed E-state index contributed by atoms with van der Waals surface area (Å²) in [6, 6.07) is 7.59. The van der Waals surface area contributed by atoms with E-state index >= 15 is 0 Å². The number of thiophene rings is 1. The third-order valence-corrected chi connectivity index (χ3v) is 6.61. The highest BCUT2D eigenvalue weighted by molar-refractivity contribution is 7.19. The molecule has 1 unspecified atom stereocenters. The van der Waals surface area contributed by atoms with E-state index in [0.717, 1.165) is 23.3 Å². The molecular weight excluding hydrogens is 460 g/mol. The Morgan fingerprint density at radius 1 is 1.24 bits per heavy atom.